The Kier molecular flexibility index (Phi) is 4.94. The van der Waals surface area contributed by atoms with Gasteiger partial charge in [0.2, 0.25) is 11.2 Å². The number of aromatic nitrogens is 3. The van der Waals surface area contributed by atoms with Crippen molar-refractivity contribution in [3.05, 3.63) is 120 Å². The van der Waals surface area contributed by atoms with E-state index in [2.05, 4.69) is 113 Å². The van der Waals surface area contributed by atoms with E-state index >= 15 is 0 Å². The van der Waals surface area contributed by atoms with E-state index in [0.29, 0.717) is 0 Å². The van der Waals surface area contributed by atoms with Crippen LogP contribution in [0.5, 0.6) is 0 Å². The SMILES string of the molecule is Cc1nn(-c2ccccc2)c2c1-[n+]1c(ccc3ccccc31)/C2=C\c1ccccc1.[I-]. The number of aryl methyl sites for hydroxylation is 1. The molecule has 4 heteroatoms. The van der Waals surface area contributed by atoms with Gasteiger partial charge in [0.25, 0.3) is 5.69 Å². The molecule has 1 aliphatic heterocycles. The molecule has 0 amide bonds. The van der Waals surface area contributed by atoms with Gasteiger partial charge in [0.1, 0.15) is 5.69 Å². The molecule has 3 heterocycles. The highest BCUT2D eigenvalue weighted by Crippen LogP contribution is 2.37. The van der Waals surface area contributed by atoms with Crippen molar-refractivity contribution in [3.63, 3.8) is 0 Å². The Morgan fingerprint density at radius 3 is 2.23 bits per heavy atom. The molecule has 0 atom stereocenters. The fraction of sp³-hybridized carbons (Fsp3) is 0.0370. The van der Waals surface area contributed by atoms with Crippen LogP contribution >= 0.6 is 0 Å². The van der Waals surface area contributed by atoms with E-state index in [-0.39, 0.29) is 24.0 Å². The highest BCUT2D eigenvalue weighted by Gasteiger charge is 2.40. The normalized spacial score (nSPS) is 13.1. The molecule has 0 N–H and O–H groups in total. The Morgan fingerprint density at radius 1 is 0.774 bits per heavy atom. The Hall–Kier alpha value is -3.25. The lowest BCUT2D eigenvalue weighted by molar-refractivity contribution is -0.566. The van der Waals surface area contributed by atoms with Crippen LogP contribution in [0.1, 0.15) is 22.6 Å². The zero-order valence-corrected chi connectivity index (χ0v) is 19.2. The Morgan fingerprint density at radius 2 is 1.45 bits per heavy atom. The summed E-state index contributed by atoms with van der Waals surface area (Å²) in [6.07, 6.45) is 2.27. The Labute approximate surface area is 198 Å². The maximum atomic E-state index is 4.96. The molecule has 0 saturated heterocycles. The second-order valence-corrected chi connectivity index (χ2v) is 7.61. The summed E-state index contributed by atoms with van der Waals surface area (Å²) in [4.78, 5) is 0. The van der Waals surface area contributed by atoms with Gasteiger partial charge in [-0.1, -0.05) is 60.7 Å². The molecule has 1 aliphatic rings. The van der Waals surface area contributed by atoms with Gasteiger partial charge in [0, 0.05) is 17.5 Å². The molecule has 2 aromatic heterocycles. The van der Waals surface area contributed by atoms with Crippen molar-refractivity contribution >= 4 is 22.6 Å². The van der Waals surface area contributed by atoms with Crippen molar-refractivity contribution in [2.24, 2.45) is 0 Å². The molecular weight excluding hydrogens is 493 g/mol. The molecule has 3 nitrogen and oxygen atoms in total. The third kappa shape index (κ3) is 3.10. The van der Waals surface area contributed by atoms with Crippen molar-refractivity contribution in [1.82, 2.24) is 9.78 Å². The predicted molar refractivity (Wildman–Crippen MR) is 121 cm³/mol. The van der Waals surface area contributed by atoms with Gasteiger partial charge in [-0.3, -0.25) is 0 Å². The minimum atomic E-state index is 0. The molecule has 150 valence electrons. The molecule has 31 heavy (non-hydrogen) atoms. The predicted octanol–water partition coefficient (Wildman–Crippen LogP) is 2.52. The van der Waals surface area contributed by atoms with Crippen LogP contribution in [-0.2, 0) is 0 Å². The van der Waals surface area contributed by atoms with Gasteiger partial charge in [0.05, 0.1) is 11.3 Å². The van der Waals surface area contributed by atoms with Crippen molar-refractivity contribution in [2.45, 2.75) is 6.92 Å². The number of hydrogen-bond acceptors (Lipinski definition) is 1. The fourth-order valence-electron chi connectivity index (χ4n) is 4.42. The number of hydrogen-bond donors (Lipinski definition) is 0. The smallest absolute Gasteiger partial charge is 0.261 e. The van der Waals surface area contributed by atoms with Gasteiger partial charge in [-0.15, -0.1) is 4.57 Å². The zero-order chi connectivity index (χ0) is 20.1. The third-order valence-electron chi connectivity index (χ3n) is 5.73. The maximum absolute atomic E-state index is 4.96. The number of nitrogens with zero attached hydrogens (tertiary/aromatic N) is 3. The molecule has 0 radical (unpaired) electrons. The zero-order valence-electron chi connectivity index (χ0n) is 17.0. The van der Waals surface area contributed by atoms with Gasteiger partial charge in [-0.2, -0.15) is 5.10 Å². The number of halogens is 1. The van der Waals surface area contributed by atoms with Crippen LogP contribution in [0.4, 0.5) is 0 Å². The first-order valence-electron chi connectivity index (χ1n) is 10.2. The first-order chi connectivity index (χ1) is 14.8. The summed E-state index contributed by atoms with van der Waals surface area (Å²) in [5.74, 6) is 0. The minimum absolute atomic E-state index is 0. The highest BCUT2D eigenvalue weighted by atomic mass is 127. The number of fused-ring (bicyclic) bond motifs is 5. The summed E-state index contributed by atoms with van der Waals surface area (Å²) in [5, 5.41) is 6.18. The van der Waals surface area contributed by atoms with Crippen LogP contribution in [0, 0.1) is 6.92 Å². The van der Waals surface area contributed by atoms with E-state index in [1.165, 1.54) is 27.7 Å². The molecule has 6 rings (SSSR count). The Balaban J connectivity index is 0.00000204. The van der Waals surface area contributed by atoms with Gasteiger partial charge < -0.3 is 24.0 Å². The van der Waals surface area contributed by atoms with Crippen molar-refractivity contribution in [1.29, 1.82) is 0 Å². The van der Waals surface area contributed by atoms with Gasteiger partial charge in [-0.25, -0.2) is 4.68 Å². The lowest BCUT2D eigenvalue weighted by atomic mass is 10.1. The lowest BCUT2D eigenvalue weighted by Crippen LogP contribution is -3.00. The van der Waals surface area contributed by atoms with Crippen LogP contribution in [0.3, 0.4) is 0 Å². The molecule has 0 unspecified atom stereocenters. The molecular formula is C27H20IN3. The monoisotopic (exact) mass is 513 g/mol. The van der Waals surface area contributed by atoms with Crippen molar-refractivity contribution < 1.29 is 28.5 Å². The van der Waals surface area contributed by atoms with Crippen LogP contribution < -0.4 is 28.5 Å². The second-order valence-electron chi connectivity index (χ2n) is 7.61. The summed E-state index contributed by atoms with van der Waals surface area (Å²) in [6.45, 7) is 2.10. The van der Waals surface area contributed by atoms with Crippen LogP contribution in [0.15, 0.2) is 97.1 Å². The standard InChI is InChI=1S/C27H20N3.HI/c1-19-26-27(30(28-19)22-13-6-3-7-14-22)23(18-20-10-4-2-5-11-20)25-17-16-21-12-8-9-15-24(21)29(25)26;/h2-18H,1H3;1H/q+1;/p-1/b23-18+;. The molecule has 3 aromatic carbocycles. The fourth-order valence-corrected chi connectivity index (χ4v) is 4.42. The summed E-state index contributed by atoms with van der Waals surface area (Å²) >= 11 is 0. The van der Waals surface area contributed by atoms with E-state index in [9.17, 15) is 0 Å². The quantitative estimate of drug-likeness (QED) is 0.258. The van der Waals surface area contributed by atoms with E-state index < -0.39 is 0 Å². The van der Waals surface area contributed by atoms with Crippen LogP contribution in [0.25, 0.3) is 33.9 Å². The van der Waals surface area contributed by atoms with E-state index in [0.717, 1.165) is 22.8 Å². The summed E-state index contributed by atoms with van der Waals surface area (Å²) < 4.78 is 4.45. The maximum Gasteiger partial charge on any atom is 0.261 e. The van der Waals surface area contributed by atoms with Crippen molar-refractivity contribution in [3.8, 4) is 11.4 Å². The van der Waals surface area contributed by atoms with Crippen LogP contribution in [0.2, 0.25) is 0 Å². The first-order valence-corrected chi connectivity index (χ1v) is 10.2. The Bertz CT molecular complexity index is 1430. The first kappa shape index (κ1) is 19.7. The molecule has 0 spiro atoms. The van der Waals surface area contributed by atoms with Gasteiger partial charge in [-0.05, 0) is 42.8 Å². The van der Waals surface area contributed by atoms with E-state index in [4.69, 9.17) is 5.10 Å². The number of para-hydroxylation sites is 2. The van der Waals surface area contributed by atoms with E-state index in [1.807, 2.05) is 6.07 Å². The molecule has 0 fully saturated rings. The van der Waals surface area contributed by atoms with Crippen LogP contribution in [-0.4, -0.2) is 9.78 Å². The molecule has 0 saturated carbocycles. The second kappa shape index (κ2) is 7.78. The number of rotatable bonds is 2. The topological polar surface area (TPSA) is 21.7 Å². The summed E-state index contributed by atoms with van der Waals surface area (Å²) in [5.41, 5.74) is 9.14. The van der Waals surface area contributed by atoms with Crippen molar-refractivity contribution in [2.75, 3.05) is 0 Å². The summed E-state index contributed by atoms with van der Waals surface area (Å²) in [6, 6.07) is 33.9. The summed E-state index contributed by atoms with van der Waals surface area (Å²) in [7, 11) is 0. The van der Waals surface area contributed by atoms with Gasteiger partial charge >= 0.3 is 0 Å². The molecule has 0 bridgehead atoms. The lowest BCUT2D eigenvalue weighted by Gasteiger charge is -2.06. The molecule has 0 aliphatic carbocycles. The largest absolute Gasteiger partial charge is 1.00 e. The highest BCUT2D eigenvalue weighted by molar-refractivity contribution is 5.95. The average Bonchev–Trinajstić information content (AvgIpc) is 3.31. The number of benzene rings is 3. The number of pyridine rings is 1. The molecule has 5 aromatic rings. The van der Waals surface area contributed by atoms with E-state index in [1.54, 1.807) is 0 Å². The average molecular weight is 513 g/mol. The minimum Gasteiger partial charge on any atom is -1.00 e. The third-order valence-corrected chi connectivity index (χ3v) is 5.73. The van der Waals surface area contributed by atoms with Gasteiger partial charge in [0.15, 0.2) is 5.69 Å².